The Morgan fingerprint density at radius 1 is 1.32 bits per heavy atom. The van der Waals surface area contributed by atoms with Gasteiger partial charge in [0.05, 0.1) is 0 Å². The van der Waals surface area contributed by atoms with E-state index in [4.69, 9.17) is 4.74 Å². The molecule has 6 heteroatoms. The fourth-order valence-electron chi connectivity index (χ4n) is 3.54. The van der Waals surface area contributed by atoms with E-state index in [0.717, 1.165) is 36.2 Å². The molecule has 1 aliphatic carbocycles. The van der Waals surface area contributed by atoms with Crippen LogP contribution in [-0.2, 0) is 10.2 Å². The van der Waals surface area contributed by atoms with E-state index in [1.165, 1.54) is 18.4 Å². The van der Waals surface area contributed by atoms with Gasteiger partial charge in [-0.05, 0) is 49.4 Å². The fourth-order valence-corrected chi connectivity index (χ4v) is 3.94. The maximum Gasteiger partial charge on any atom is 0.271 e. The Hall–Kier alpha value is -1.66. The van der Waals surface area contributed by atoms with Gasteiger partial charge in [0.1, 0.15) is 5.69 Å². The highest BCUT2D eigenvalue weighted by molar-refractivity contribution is 9.10. The van der Waals surface area contributed by atoms with Gasteiger partial charge in [-0.25, -0.2) is 0 Å². The fraction of sp³-hybridized carbons (Fsp3) is 0.474. The molecule has 0 atom stereocenters. The van der Waals surface area contributed by atoms with Crippen LogP contribution in [0.4, 0.5) is 0 Å². The smallest absolute Gasteiger partial charge is 0.271 e. The number of carbonyl (C=O) groups excluding carboxylic acids is 1. The molecule has 0 bridgehead atoms. The molecule has 132 valence electrons. The van der Waals surface area contributed by atoms with Gasteiger partial charge in [-0.2, -0.15) is 5.10 Å². The van der Waals surface area contributed by atoms with Crippen molar-refractivity contribution in [2.75, 3.05) is 19.8 Å². The number of aromatic amines is 1. The van der Waals surface area contributed by atoms with Gasteiger partial charge >= 0.3 is 0 Å². The molecule has 2 fully saturated rings. The minimum Gasteiger partial charge on any atom is -0.381 e. The summed E-state index contributed by atoms with van der Waals surface area (Å²) in [6, 6.07) is 10.3. The van der Waals surface area contributed by atoms with E-state index < -0.39 is 0 Å². The first kappa shape index (κ1) is 16.8. The Morgan fingerprint density at radius 2 is 2.12 bits per heavy atom. The van der Waals surface area contributed by atoms with Crippen LogP contribution in [0.1, 0.15) is 53.3 Å². The Kier molecular flexibility index (Phi) is 4.65. The van der Waals surface area contributed by atoms with Crippen molar-refractivity contribution >= 4 is 21.8 Å². The van der Waals surface area contributed by atoms with Gasteiger partial charge in [-0.15, -0.1) is 0 Å². The predicted octanol–water partition coefficient (Wildman–Crippen LogP) is 3.53. The Balaban J connectivity index is 1.49. The number of benzene rings is 1. The van der Waals surface area contributed by atoms with Crippen molar-refractivity contribution in [1.82, 2.24) is 15.5 Å². The number of amides is 1. The summed E-state index contributed by atoms with van der Waals surface area (Å²) in [5, 5.41) is 10.3. The quantitative estimate of drug-likeness (QED) is 0.802. The maximum absolute atomic E-state index is 12.6. The number of carbonyl (C=O) groups is 1. The summed E-state index contributed by atoms with van der Waals surface area (Å²) in [6.07, 6.45) is 4.18. The van der Waals surface area contributed by atoms with E-state index >= 15 is 0 Å². The lowest BCUT2D eigenvalue weighted by Gasteiger charge is -2.38. The average Bonchev–Trinajstić information content (AvgIpc) is 3.37. The van der Waals surface area contributed by atoms with Crippen LogP contribution in [-0.4, -0.2) is 35.9 Å². The largest absolute Gasteiger partial charge is 0.381 e. The molecule has 1 saturated heterocycles. The van der Waals surface area contributed by atoms with E-state index in [1.54, 1.807) is 0 Å². The minimum atomic E-state index is -0.107. The molecule has 1 aromatic carbocycles. The highest BCUT2D eigenvalue weighted by Gasteiger charge is 2.35. The van der Waals surface area contributed by atoms with E-state index in [9.17, 15) is 4.79 Å². The van der Waals surface area contributed by atoms with Gasteiger partial charge < -0.3 is 10.1 Å². The SMILES string of the molecule is O=C(NCC1(c2cccc(Br)c2)CCOCC1)c1cc(C2CC2)[nH]n1. The van der Waals surface area contributed by atoms with Crippen LogP contribution in [0, 0.1) is 0 Å². The molecule has 5 nitrogen and oxygen atoms in total. The summed E-state index contributed by atoms with van der Waals surface area (Å²) in [6.45, 7) is 2.03. The third-order valence-corrected chi connectivity index (χ3v) is 5.81. The molecule has 25 heavy (non-hydrogen) atoms. The lowest BCUT2D eigenvalue weighted by molar-refractivity contribution is 0.0486. The highest BCUT2D eigenvalue weighted by atomic mass is 79.9. The van der Waals surface area contributed by atoms with Crippen LogP contribution >= 0.6 is 15.9 Å². The topological polar surface area (TPSA) is 67.0 Å². The van der Waals surface area contributed by atoms with Crippen molar-refractivity contribution in [3.8, 4) is 0 Å². The first-order valence-electron chi connectivity index (χ1n) is 8.84. The van der Waals surface area contributed by atoms with Gasteiger partial charge in [0.25, 0.3) is 5.91 Å². The summed E-state index contributed by atoms with van der Waals surface area (Å²) < 4.78 is 6.62. The number of hydrogen-bond acceptors (Lipinski definition) is 3. The Morgan fingerprint density at radius 3 is 2.84 bits per heavy atom. The summed E-state index contributed by atoms with van der Waals surface area (Å²) >= 11 is 3.56. The molecule has 4 rings (SSSR count). The number of ether oxygens (including phenoxy) is 1. The number of nitrogens with one attached hydrogen (secondary N) is 2. The highest BCUT2D eigenvalue weighted by Crippen LogP contribution is 2.39. The average molecular weight is 404 g/mol. The Labute approximate surface area is 155 Å². The van der Waals surface area contributed by atoms with Crippen LogP contribution in [0.15, 0.2) is 34.8 Å². The lowest BCUT2D eigenvalue weighted by Crippen LogP contribution is -2.44. The second-order valence-electron chi connectivity index (χ2n) is 7.07. The van der Waals surface area contributed by atoms with Crippen LogP contribution in [0.2, 0.25) is 0 Å². The zero-order chi connectivity index (χ0) is 17.3. The van der Waals surface area contributed by atoms with Crippen LogP contribution in [0.5, 0.6) is 0 Å². The zero-order valence-electron chi connectivity index (χ0n) is 14.1. The number of rotatable bonds is 5. The third kappa shape index (κ3) is 3.65. The van der Waals surface area contributed by atoms with Crippen molar-refractivity contribution in [3.63, 3.8) is 0 Å². The summed E-state index contributed by atoms with van der Waals surface area (Å²) in [5.41, 5.74) is 2.72. The van der Waals surface area contributed by atoms with Gasteiger partial charge in [0, 0.05) is 41.3 Å². The minimum absolute atomic E-state index is 0.0900. The van der Waals surface area contributed by atoms with Crippen LogP contribution < -0.4 is 5.32 Å². The van der Waals surface area contributed by atoms with E-state index in [2.05, 4.69) is 43.6 Å². The van der Waals surface area contributed by atoms with Crippen molar-refractivity contribution in [1.29, 1.82) is 0 Å². The summed E-state index contributed by atoms with van der Waals surface area (Å²) in [5.74, 6) is 0.460. The molecule has 2 aliphatic rings. The number of nitrogens with zero attached hydrogens (tertiary/aromatic N) is 1. The maximum atomic E-state index is 12.6. The van der Waals surface area contributed by atoms with Crippen molar-refractivity contribution in [3.05, 3.63) is 51.8 Å². The molecule has 1 aromatic heterocycles. The summed E-state index contributed by atoms with van der Waals surface area (Å²) in [4.78, 5) is 12.6. The molecule has 2 N–H and O–H groups in total. The molecule has 0 radical (unpaired) electrons. The van der Waals surface area contributed by atoms with Gasteiger partial charge in [-0.1, -0.05) is 28.1 Å². The third-order valence-electron chi connectivity index (χ3n) is 5.32. The number of hydrogen-bond donors (Lipinski definition) is 2. The second kappa shape index (κ2) is 6.92. The van der Waals surface area contributed by atoms with Crippen molar-refractivity contribution in [2.24, 2.45) is 0 Å². The van der Waals surface area contributed by atoms with Gasteiger partial charge in [0.2, 0.25) is 0 Å². The van der Waals surface area contributed by atoms with Gasteiger partial charge in [0.15, 0.2) is 0 Å². The van der Waals surface area contributed by atoms with Crippen molar-refractivity contribution in [2.45, 2.75) is 37.0 Å². The molecule has 0 spiro atoms. The molecule has 2 heterocycles. The van der Waals surface area contributed by atoms with E-state index in [-0.39, 0.29) is 11.3 Å². The molecular formula is C19H22BrN3O2. The van der Waals surface area contributed by atoms with Crippen molar-refractivity contribution < 1.29 is 9.53 Å². The van der Waals surface area contributed by atoms with Gasteiger partial charge in [-0.3, -0.25) is 9.89 Å². The molecule has 1 aliphatic heterocycles. The molecular weight excluding hydrogens is 382 g/mol. The first-order valence-corrected chi connectivity index (χ1v) is 9.63. The lowest BCUT2D eigenvalue weighted by atomic mass is 9.74. The molecule has 1 amide bonds. The molecule has 0 unspecified atom stereocenters. The number of aromatic nitrogens is 2. The summed E-state index contributed by atoms with van der Waals surface area (Å²) in [7, 11) is 0. The second-order valence-corrected chi connectivity index (χ2v) is 7.98. The van der Waals surface area contributed by atoms with E-state index in [0.29, 0.717) is 18.2 Å². The molecule has 2 aromatic rings. The van der Waals surface area contributed by atoms with Crippen LogP contribution in [0.3, 0.4) is 0 Å². The molecule has 1 saturated carbocycles. The predicted molar refractivity (Wildman–Crippen MR) is 98.8 cm³/mol. The van der Waals surface area contributed by atoms with E-state index in [1.807, 2.05) is 18.2 Å². The zero-order valence-corrected chi connectivity index (χ0v) is 15.6. The number of H-pyrrole nitrogens is 1. The first-order chi connectivity index (χ1) is 12.2. The normalized spacial score (nSPS) is 19.6. The Bertz CT molecular complexity index is 764. The van der Waals surface area contributed by atoms with Crippen LogP contribution in [0.25, 0.3) is 0 Å². The number of halogens is 1. The standard InChI is InChI=1S/C19H22BrN3O2/c20-15-3-1-2-14(10-15)19(6-8-25-9-7-19)12-21-18(24)17-11-16(22-23-17)13-4-5-13/h1-3,10-11,13H,4-9,12H2,(H,21,24)(H,22,23). The monoisotopic (exact) mass is 403 g/mol.